The first-order chi connectivity index (χ1) is 10.6. The minimum Gasteiger partial charge on any atom is -0.398 e. The Morgan fingerprint density at radius 1 is 1.23 bits per heavy atom. The van der Waals surface area contributed by atoms with Crippen LogP contribution in [0.3, 0.4) is 0 Å². The van der Waals surface area contributed by atoms with Gasteiger partial charge in [-0.05, 0) is 31.5 Å². The molecule has 0 saturated carbocycles. The molecule has 0 amide bonds. The van der Waals surface area contributed by atoms with Crippen LogP contribution in [0.5, 0.6) is 5.88 Å². The van der Waals surface area contributed by atoms with E-state index in [1.165, 1.54) is 0 Å². The zero-order valence-electron chi connectivity index (χ0n) is 13.0. The predicted octanol–water partition coefficient (Wildman–Crippen LogP) is 2.80. The molecule has 0 bridgehead atoms. The lowest BCUT2D eigenvalue weighted by atomic mass is 10.1. The summed E-state index contributed by atoms with van der Waals surface area (Å²) in [6.07, 6.45) is 0. The summed E-state index contributed by atoms with van der Waals surface area (Å²) in [6.45, 7) is 4.78. The van der Waals surface area contributed by atoms with Crippen LogP contribution in [0.25, 0.3) is 0 Å². The fraction of sp³-hybridized carbons (Fsp3) is 0.222. The van der Waals surface area contributed by atoms with Crippen LogP contribution in [0, 0.1) is 18.8 Å². The summed E-state index contributed by atoms with van der Waals surface area (Å²) >= 11 is 0. The molecule has 0 atom stereocenters. The van der Waals surface area contributed by atoms with Gasteiger partial charge in [-0.1, -0.05) is 30.2 Å². The summed E-state index contributed by atoms with van der Waals surface area (Å²) in [5.41, 5.74) is 1.83. The number of anilines is 1. The lowest BCUT2D eigenvalue weighted by Crippen LogP contribution is -2.17. The van der Waals surface area contributed by atoms with Crippen LogP contribution >= 0.6 is 0 Å². The summed E-state index contributed by atoms with van der Waals surface area (Å²) in [4.78, 5) is 18.0. The topological polar surface area (TPSA) is 42.4 Å². The summed E-state index contributed by atoms with van der Waals surface area (Å²) in [5, 5.41) is 0. The van der Waals surface area contributed by atoms with Gasteiger partial charge in [-0.3, -0.25) is 0 Å². The summed E-state index contributed by atoms with van der Waals surface area (Å²) in [7, 11) is 1.92. The van der Waals surface area contributed by atoms with E-state index in [2.05, 4.69) is 16.8 Å². The molecule has 0 unspecified atom stereocenters. The summed E-state index contributed by atoms with van der Waals surface area (Å²) in [5.74, 6) is 5.69. The van der Waals surface area contributed by atoms with Gasteiger partial charge in [0.15, 0.2) is 0 Å². The zero-order valence-corrected chi connectivity index (χ0v) is 13.0. The molecule has 4 heteroatoms. The van der Waals surface area contributed by atoms with Gasteiger partial charge in [-0.2, -0.15) is 4.98 Å². The second kappa shape index (κ2) is 7.28. The van der Waals surface area contributed by atoms with Crippen molar-refractivity contribution in [2.24, 2.45) is 0 Å². The van der Waals surface area contributed by atoms with E-state index in [4.69, 9.17) is 4.74 Å². The average Bonchev–Trinajstić information content (AvgIpc) is 2.53. The van der Waals surface area contributed by atoms with Crippen molar-refractivity contribution in [3.63, 3.8) is 0 Å². The first kappa shape index (κ1) is 15.6. The Balaban J connectivity index is 2.09. The van der Waals surface area contributed by atoms with Crippen molar-refractivity contribution in [3.8, 4) is 17.7 Å². The van der Waals surface area contributed by atoms with Crippen LogP contribution in [-0.4, -0.2) is 24.5 Å². The van der Waals surface area contributed by atoms with Crippen molar-refractivity contribution in [1.82, 2.24) is 4.98 Å². The van der Waals surface area contributed by atoms with Gasteiger partial charge in [0.2, 0.25) is 5.88 Å². The van der Waals surface area contributed by atoms with Crippen molar-refractivity contribution in [3.05, 3.63) is 53.6 Å². The Hall–Kier alpha value is -2.80. The average molecular weight is 294 g/mol. The van der Waals surface area contributed by atoms with Crippen LogP contribution in [-0.2, 0) is 4.79 Å². The second-order valence-corrected chi connectivity index (χ2v) is 4.80. The number of hydrogen-bond acceptors (Lipinski definition) is 4. The SMILES string of the molecule is CCN(C)c1cccc(OC(=O)C#Cc2ccccc2C)n1. The number of carbonyl (C=O) groups excluding carboxylic acids is 1. The quantitative estimate of drug-likeness (QED) is 0.645. The number of ether oxygens (including phenoxy) is 1. The van der Waals surface area contributed by atoms with Crippen LogP contribution in [0.15, 0.2) is 42.5 Å². The molecule has 1 heterocycles. The van der Waals surface area contributed by atoms with Crippen molar-refractivity contribution >= 4 is 11.8 Å². The second-order valence-electron chi connectivity index (χ2n) is 4.80. The van der Waals surface area contributed by atoms with Gasteiger partial charge in [0.05, 0.1) is 0 Å². The number of aryl methyl sites for hydroxylation is 1. The first-order valence-corrected chi connectivity index (χ1v) is 7.08. The molecular weight excluding hydrogens is 276 g/mol. The highest BCUT2D eigenvalue weighted by molar-refractivity contribution is 5.90. The van der Waals surface area contributed by atoms with Gasteiger partial charge in [0.1, 0.15) is 5.82 Å². The Kier molecular flexibility index (Phi) is 5.16. The predicted molar refractivity (Wildman–Crippen MR) is 86.9 cm³/mol. The van der Waals surface area contributed by atoms with Crippen LogP contribution < -0.4 is 9.64 Å². The molecule has 2 aromatic rings. The molecule has 0 saturated heterocycles. The fourth-order valence-electron chi connectivity index (χ4n) is 1.79. The van der Waals surface area contributed by atoms with E-state index < -0.39 is 5.97 Å². The maximum atomic E-state index is 11.8. The van der Waals surface area contributed by atoms with Crippen LogP contribution in [0.2, 0.25) is 0 Å². The zero-order chi connectivity index (χ0) is 15.9. The first-order valence-electron chi connectivity index (χ1n) is 7.08. The highest BCUT2D eigenvalue weighted by atomic mass is 16.5. The lowest BCUT2D eigenvalue weighted by Gasteiger charge is -2.15. The molecule has 22 heavy (non-hydrogen) atoms. The maximum Gasteiger partial charge on any atom is 0.391 e. The van der Waals surface area contributed by atoms with Crippen LogP contribution in [0.1, 0.15) is 18.1 Å². The molecule has 0 spiro atoms. The van der Waals surface area contributed by atoms with Crippen molar-refractivity contribution < 1.29 is 9.53 Å². The molecule has 0 radical (unpaired) electrons. The third-order valence-corrected chi connectivity index (χ3v) is 3.22. The van der Waals surface area contributed by atoms with E-state index in [-0.39, 0.29) is 5.88 Å². The highest BCUT2D eigenvalue weighted by Crippen LogP contribution is 2.14. The third kappa shape index (κ3) is 4.10. The molecule has 0 aliphatic carbocycles. The standard InChI is InChI=1S/C18H18N2O2/c1-4-20(3)16-10-7-11-17(19-16)22-18(21)13-12-15-9-6-5-8-14(15)2/h5-11H,4H2,1-3H3. The number of hydrogen-bond donors (Lipinski definition) is 0. The number of aromatic nitrogens is 1. The van der Waals surface area contributed by atoms with Crippen molar-refractivity contribution in [2.75, 3.05) is 18.5 Å². The Labute approximate surface area is 130 Å². The molecule has 0 N–H and O–H groups in total. The minimum atomic E-state index is -0.618. The van der Waals surface area contributed by atoms with Crippen LogP contribution in [0.4, 0.5) is 5.82 Å². The number of benzene rings is 1. The molecular formula is C18H18N2O2. The fourth-order valence-corrected chi connectivity index (χ4v) is 1.79. The minimum absolute atomic E-state index is 0.252. The molecule has 112 valence electrons. The maximum absolute atomic E-state index is 11.8. The highest BCUT2D eigenvalue weighted by Gasteiger charge is 2.05. The van der Waals surface area contributed by atoms with E-state index in [1.807, 2.05) is 56.1 Å². The number of carbonyl (C=O) groups is 1. The molecule has 4 nitrogen and oxygen atoms in total. The monoisotopic (exact) mass is 294 g/mol. The Morgan fingerprint density at radius 3 is 2.73 bits per heavy atom. The van der Waals surface area contributed by atoms with Gasteiger partial charge in [-0.25, -0.2) is 4.79 Å². The smallest absolute Gasteiger partial charge is 0.391 e. The van der Waals surface area contributed by atoms with E-state index in [1.54, 1.807) is 12.1 Å². The molecule has 2 rings (SSSR count). The van der Waals surface area contributed by atoms with Crippen molar-refractivity contribution in [2.45, 2.75) is 13.8 Å². The normalized spacial score (nSPS) is 9.59. The van der Waals surface area contributed by atoms with Gasteiger partial charge >= 0.3 is 5.97 Å². The van der Waals surface area contributed by atoms with E-state index in [0.29, 0.717) is 0 Å². The summed E-state index contributed by atoms with van der Waals surface area (Å²) in [6, 6.07) is 12.9. The third-order valence-electron chi connectivity index (χ3n) is 3.22. The van der Waals surface area contributed by atoms with E-state index in [0.717, 1.165) is 23.5 Å². The van der Waals surface area contributed by atoms with Gasteiger partial charge in [0, 0.05) is 31.1 Å². The lowest BCUT2D eigenvalue weighted by molar-refractivity contribution is -0.128. The number of nitrogens with zero attached hydrogens (tertiary/aromatic N) is 2. The van der Waals surface area contributed by atoms with Gasteiger partial charge in [0.25, 0.3) is 0 Å². The number of rotatable bonds is 3. The molecule has 1 aromatic heterocycles. The van der Waals surface area contributed by atoms with E-state index >= 15 is 0 Å². The Morgan fingerprint density at radius 2 is 2.00 bits per heavy atom. The molecule has 0 fully saturated rings. The molecule has 1 aromatic carbocycles. The molecule has 0 aliphatic rings. The largest absolute Gasteiger partial charge is 0.398 e. The number of pyridine rings is 1. The number of esters is 1. The summed E-state index contributed by atoms with van der Waals surface area (Å²) < 4.78 is 5.16. The van der Waals surface area contributed by atoms with Gasteiger partial charge in [-0.15, -0.1) is 0 Å². The Bertz CT molecular complexity index is 729. The molecule has 0 aliphatic heterocycles. The van der Waals surface area contributed by atoms with Gasteiger partial charge < -0.3 is 9.64 Å². The van der Waals surface area contributed by atoms with Crippen molar-refractivity contribution in [1.29, 1.82) is 0 Å². The van der Waals surface area contributed by atoms with E-state index in [9.17, 15) is 4.79 Å².